The molecular weight excluding hydrogens is 212 g/mol. The molecule has 16 heavy (non-hydrogen) atoms. The molecule has 1 aromatic rings. The van der Waals surface area contributed by atoms with Crippen molar-refractivity contribution in [2.75, 3.05) is 13.7 Å². The number of nitrogens with zero attached hydrogens (tertiary/aromatic N) is 1. The van der Waals surface area contributed by atoms with Crippen molar-refractivity contribution >= 4 is 12.0 Å². The van der Waals surface area contributed by atoms with Crippen molar-refractivity contribution in [3.8, 4) is 0 Å². The molecule has 0 radical (unpaired) electrons. The lowest BCUT2D eigenvalue weighted by Crippen LogP contribution is -2.43. The molecule has 0 aromatic carbocycles. The number of carbonyl (C=O) groups is 2. The highest BCUT2D eigenvalue weighted by atomic mass is 16.6. The average molecular weight is 224 g/mol. The quantitative estimate of drug-likeness (QED) is 0.804. The van der Waals surface area contributed by atoms with E-state index in [1.54, 1.807) is 12.1 Å². The van der Waals surface area contributed by atoms with E-state index in [9.17, 15) is 9.59 Å². The number of cyclic esters (lactones) is 1. The van der Waals surface area contributed by atoms with Crippen LogP contribution in [-0.4, -0.2) is 36.6 Å². The van der Waals surface area contributed by atoms with Crippen LogP contribution in [0.25, 0.3) is 0 Å². The molecule has 1 N–H and O–H groups in total. The van der Waals surface area contributed by atoms with Gasteiger partial charge in [-0.25, -0.2) is 4.79 Å². The van der Waals surface area contributed by atoms with Gasteiger partial charge in [-0.05, 0) is 12.1 Å². The summed E-state index contributed by atoms with van der Waals surface area (Å²) < 4.78 is 9.81. The highest BCUT2D eigenvalue weighted by Crippen LogP contribution is 2.09. The molecule has 0 aliphatic carbocycles. The molecule has 86 valence electrons. The summed E-state index contributed by atoms with van der Waals surface area (Å²) in [6.45, 7) is 0.406. The summed E-state index contributed by atoms with van der Waals surface area (Å²) in [6.07, 6.45) is 1.06. The van der Waals surface area contributed by atoms with Gasteiger partial charge in [0.05, 0.1) is 12.8 Å². The molecule has 0 spiro atoms. The summed E-state index contributed by atoms with van der Waals surface area (Å²) in [5.41, 5.74) is 0. The molecular formula is C10H12N2O4. The zero-order valence-corrected chi connectivity index (χ0v) is 8.80. The first-order valence-electron chi connectivity index (χ1n) is 4.88. The van der Waals surface area contributed by atoms with Crippen LogP contribution in [0.3, 0.4) is 0 Å². The van der Waals surface area contributed by atoms with Crippen LogP contribution in [0.2, 0.25) is 0 Å². The van der Waals surface area contributed by atoms with Crippen molar-refractivity contribution in [2.45, 2.75) is 12.6 Å². The summed E-state index contributed by atoms with van der Waals surface area (Å²) in [4.78, 5) is 24.0. The van der Waals surface area contributed by atoms with E-state index in [2.05, 4.69) is 5.32 Å². The minimum Gasteiger partial charge on any atom is -0.467 e. The van der Waals surface area contributed by atoms with Crippen LogP contribution < -0.4 is 5.32 Å². The molecule has 6 nitrogen and oxygen atoms in total. The van der Waals surface area contributed by atoms with Gasteiger partial charge in [0, 0.05) is 7.05 Å². The number of nitrogens with one attached hydrogen (secondary N) is 1. The molecule has 0 saturated carbocycles. The topological polar surface area (TPSA) is 71.8 Å². The van der Waals surface area contributed by atoms with Crippen LogP contribution in [0.1, 0.15) is 5.76 Å². The number of ether oxygens (including phenoxy) is 1. The van der Waals surface area contributed by atoms with Crippen molar-refractivity contribution < 1.29 is 18.7 Å². The Morgan fingerprint density at radius 3 is 3.06 bits per heavy atom. The third-order valence-electron chi connectivity index (χ3n) is 2.44. The fourth-order valence-corrected chi connectivity index (χ4v) is 1.45. The van der Waals surface area contributed by atoms with Crippen LogP contribution in [-0.2, 0) is 16.1 Å². The number of carbonyl (C=O) groups excluding carboxylic acids is 2. The summed E-state index contributed by atoms with van der Waals surface area (Å²) in [6, 6.07) is 2.96. The van der Waals surface area contributed by atoms with E-state index < -0.39 is 12.1 Å². The predicted molar refractivity (Wildman–Crippen MR) is 53.5 cm³/mol. The lowest BCUT2D eigenvalue weighted by molar-refractivity contribution is -0.124. The predicted octanol–water partition coefficient (Wildman–Crippen LogP) is 0.346. The van der Waals surface area contributed by atoms with Crippen molar-refractivity contribution in [1.29, 1.82) is 0 Å². The van der Waals surface area contributed by atoms with Crippen molar-refractivity contribution in [3.63, 3.8) is 0 Å². The molecule has 1 unspecified atom stereocenters. The zero-order chi connectivity index (χ0) is 11.5. The number of likely N-dealkylation sites (N-methyl/N-ethyl adjacent to an activating group) is 1. The largest absolute Gasteiger partial charge is 0.467 e. The van der Waals surface area contributed by atoms with Crippen LogP contribution in [0.15, 0.2) is 22.8 Å². The second kappa shape index (κ2) is 4.26. The normalized spacial score (nSPS) is 19.7. The first-order chi connectivity index (χ1) is 7.68. The van der Waals surface area contributed by atoms with Gasteiger partial charge in [-0.15, -0.1) is 0 Å². The Balaban J connectivity index is 1.87. The Morgan fingerprint density at radius 1 is 1.69 bits per heavy atom. The van der Waals surface area contributed by atoms with Gasteiger partial charge in [-0.2, -0.15) is 0 Å². The highest BCUT2D eigenvalue weighted by Gasteiger charge is 2.34. The molecule has 1 fully saturated rings. The molecule has 2 heterocycles. The Bertz CT molecular complexity index is 388. The summed E-state index contributed by atoms with van der Waals surface area (Å²) in [5, 5.41) is 2.67. The maximum atomic E-state index is 11.7. The van der Waals surface area contributed by atoms with Gasteiger partial charge in [0.25, 0.3) is 0 Å². The lowest BCUT2D eigenvalue weighted by Gasteiger charge is -2.14. The van der Waals surface area contributed by atoms with Gasteiger partial charge in [-0.1, -0.05) is 0 Å². The maximum absolute atomic E-state index is 11.7. The summed E-state index contributed by atoms with van der Waals surface area (Å²) in [7, 11) is 1.53. The number of hydrogen-bond donors (Lipinski definition) is 1. The van der Waals surface area contributed by atoms with E-state index in [1.807, 2.05) is 0 Å². The van der Waals surface area contributed by atoms with E-state index in [0.29, 0.717) is 12.3 Å². The average Bonchev–Trinajstić information content (AvgIpc) is 2.88. The van der Waals surface area contributed by atoms with E-state index in [-0.39, 0.29) is 12.5 Å². The van der Waals surface area contributed by atoms with Gasteiger partial charge >= 0.3 is 6.09 Å². The first kappa shape index (κ1) is 10.5. The summed E-state index contributed by atoms with van der Waals surface area (Å²) in [5.74, 6) is 0.422. The Morgan fingerprint density at radius 2 is 2.50 bits per heavy atom. The molecule has 1 aliphatic heterocycles. The van der Waals surface area contributed by atoms with Crippen molar-refractivity contribution in [1.82, 2.24) is 10.2 Å². The fourth-order valence-electron chi connectivity index (χ4n) is 1.45. The molecule has 2 amide bonds. The second-order valence-electron chi connectivity index (χ2n) is 3.50. The van der Waals surface area contributed by atoms with Crippen LogP contribution in [0.5, 0.6) is 0 Å². The SMILES string of the molecule is CN1C(=O)OCC1C(=O)NCc1ccco1. The standard InChI is InChI=1S/C10H12N2O4/c1-12-8(6-16-10(12)14)9(13)11-5-7-3-2-4-15-7/h2-4,8H,5-6H2,1H3,(H,11,13). The minimum atomic E-state index is -0.553. The van der Waals surface area contributed by atoms with Crippen molar-refractivity contribution in [3.05, 3.63) is 24.2 Å². The third kappa shape index (κ3) is 2.00. The second-order valence-corrected chi connectivity index (χ2v) is 3.50. The van der Waals surface area contributed by atoms with Gasteiger partial charge in [0.15, 0.2) is 0 Å². The molecule has 6 heteroatoms. The Hall–Kier alpha value is -1.98. The maximum Gasteiger partial charge on any atom is 0.410 e. The van der Waals surface area contributed by atoms with Gasteiger partial charge < -0.3 is 14.5 Å². The number of rotatable bonds is 3. The smallest absolute Gasteiger partial charge is 0.410 e. The number of hydrogen-bond acceptors (Lipinski definition) is 4. The number of amides is 2. The van der Waals surface area contributed by atoms with Gasteiger partial charge in [-0.3, -0.25) is 9.69 Å². The zero-order valence-electron chi connectivity index (χ0n) is 8.80. The highest BCUT2D eigenvalue weighted by molar-refractivity contribution is 5.87. The first-order valence-corrected chi connectivity index (χ1v) is 4.88. The van der Waals surface area contributed by atoms with E-state index in [4.69, 9.17) is 9.15 Å². The van der Waals surface area contributed by atoms with Crippen LogP contribution >= 0.6 is 0 Å². The molecule has 1 aliphatic rings. The lowest BCUT2D eigenvalue weighted by atomic mass is 10.3. The Kier molecular flexibility index (Phi) is 2.80. The van der Waals surface area contributed by atoms with Crippen LogP contribution in [0, 0.1) is 0 Å². The van der Waals surface area contributed by atoms with Crippen molar-refractivity contribution in [2.24, 2.45) is 0 Å². The minimum absolute atomic E-state index is 0.0965. The van der Waals surface area contributed by atoms with E-state index in [0.717, 1.165) is 0 Å². The molecule has 1 atom stereocenters. The Labute approximate surface area is 92.2 Å². The number of furan rings is 1. The van der Waals surface area contributed by atoms with E-state index >= 15 is 0 Å². The van der Waals surface area contributed by atoms with Crippen LogP contribution in [0.4, 0.5) is 4.79 Å². The summed E-state index contributed by atoms with van der Waals surface area (Å²) >= 11 is 0. The van der Waals surface area contributed by atoms with Gasteiger partial charge in [0.2, 0.25) is 5.91 Å². The van der Waals surface area contributed by atoms with Gasteiger partial charge in [0.1, 0.15) is 18.4 Å². The molecule has 0 bridgehead atoms. The molecule has 2 rings (SSSR count). The molecule has 1 aromatic heterocycles. The monoisotopic (exact) mass is 224 g/mol. The fraction of sp³-hybridized carbons (Fsp3) is 0.400. The third-order valence-corrected chi connectivity index (χ3v) is 2.44. The molecule has 1 saturated heterocycles. The van der Waals surface area contributed by atoms with E-state index in [1.165, 1.54) is 18.2 Å².